The minimum absolute atomic E-state index is 0.253. The quantitative estimate of drug-likeness (QED) is 0.760. The zero-order valence-electron chi connectivity index (χ0n) is 8.84. The van der Waals surface area contributed by atoms with Crippen LogP contribution in [-0.2, 0) is 0 Å². The molecule has 0 aliphatic rings. The van der Waals surface area contributed by atoms with E-state index in [-0.39, 0.29) is 5.78 Å². The number of hydrogen-bond acceptors (Lipinski definition) is 2. The number of rotatable bonds is 4. The first kappa shape index (κ1) is 13.0. The number of benzene rings is 1. The van der Waals surface area contributed by atoms with Crippen molar-refractivity contribution in [3.63, 3.8) is 0 Å². The highest BCUT2D eigenvalue weighted by Gasteiger charge is 2.21. The van der Waals surface area contributed by atoms with Crippen LogP contribution in [0, 0.1) is 17.2 Å². The van der Waals surface area contributed by atoms with E-state index in [1.807, 2.05) is 13.0 Å². The van der Waals surface area contributed by atoms with Gasteiger partial charge in [0, 0.05) is 10.6 Å². The second-order valence-electron chi connectivity index (χ2n) is 3.46. The summed E-state index contributed by atoms with van der Waals surface area (Å²) in [5.74, 6) is -0.891. The summed E-state index contributed by atoms with van der Waals surface area (Å²) in [6.45, 7) is 1.93. The Morgan fingerprint density at radius 3 is 2.75 bits per heavy atom. The average Bonchev–Trinajstić information content (AvgIpc) is 2.28. The van der Waals surface area contributed by atoms with Gasteiger partial charge < -0.3 is 0 Å². The van der Waals surface area contributed by atoms with E-state index in [1.54, 1.807) is 12.1 Å². The molecule has 2 nitrogen and oxygen atoms in total. The molecule has 0 N–H and O–H groups in total. The number of ketones is 1. The van der Waals surface area contributed by atoms with Crippen LogP contribution in [0.2, 0.25) is 10.0 Å². The molecule has 0 bridgehead atoms. The Labute approximate surface area is 105 Å². The number of nitrogens with zero attached hydrogens (tertiary/aromatic N) is 1. The van der Waals surface area contributed by atoms with Crippen molar-refractivity contribution in [3.05, 3.63) is 33.8 Å². The predicted octanol–water partition coefficient (Wildman–Crippen LogP) is 4.12. The first-order chi connectivity index (χ1) is 7.60. The second kappa shape index (κ2) is 5.89. The number of Topliss-reactive ketones (excluding diaryl/α,β-unsaturated/α-hetero) is 1. The molecule has 0 saturated heterocycles. The van der Waals surface area contributed by atoms with Gasteiger partial charge in [-0.25, -0.2) is 0 Å². The van der Waals surface area contributed by atoms with E-state index < -0.39 is 5.92 Å². The van der Waals surface area contributed by atoms with Crippen LogP contribution < -0.4 is 0 Å². The van der Waals surface area contributed by atoms with E-state index >= 15 is 0 Å². The molecule has 0 saturated carbocycles. The lowest BCUT2D eigenvalue weighted by Gasteiger charge is -2.08. The van der Waals surface area contributed by atoms with Crippen molar-refractivity contribution in [3.8, 4) is 6.07 Å². The van der Waals surface area contributed by atoms with Gasteiger partial charge in [0.1, 0.15) is 5.92 Å². The lowest BCUT2D eigenvalue weighted by molar-refractivity contribution is 0.0944. The maximum absolute atomic E-state index is 12.0. The minimum Gasteiger partial charge on any atom is -0.293 e. The molecule has 16 heavy (non-hydrogen) atoms. The van der Waals surface area contributed by atoms with E-state index in [2.05, 4.69) is 0 Å². The summed E-state index contributed by atoms with van der Waals surface area (Å²) in [6, 6.07) is 6.68. The van der Waals surface area contributed by atoms with Gasteiger partial charge in [-0.2, -0.15) is 5.26 Å². The normalized spacial score (nSPS) is 11.9. The maximum atomic E-state index is 12.0. The zero-order valence-corrected chi connectivity index (χ0v) is 10.3. The Balaban J connectivity index is 3.04. The fourth-order valence-electron chi connectivity index (χ4n) is 1.42. The molecule has 0 amide bonds. The molecular weight excluding hydrogens is 245 g/mol. The fourth-order valence-corrected chi connectivity index (χ4v) is 1.80. The molecule has 0 aromatic heterocycles. The molecule has 0 aliphatic carbocycles. The van der Waals surface area contributed by atoms with Crippen LogP contribution in [0.3, 0.4) is 0 Å². The highest BCUT2D eigenvalue weighted by atomic mass is 35.5. The summed E-state index contributed by atoms with van der Waals surface area (Å²) in [5.41, 5.74) is 0.328. The standard InChI is InChI=1S/C12H11Cl2NO/c1-2-3-8(7-15)12(16)10-6-9(13)4-5-11(10)14/h4-6,8H,2-3H2,1H3. The number of carbonyl (C=O) groups excluding carboxylic acids is 1. The van der Waals surface area contributed by atoms with Crippen LogP contribution in [0.25, 0.3) is 0 Å². The summed E-state index contributed by atoms with van der Waals surface area (Å²) < 4.78 is 0. The van der Waals surface area contributed by atoms with Crippen molar-refractivity contribution in [1.29, 1.82) is 5.26 Å². The van der Waals surface area contributed by atoms with E-state index in [0.29, 0.717) is 22.0 Å². The summed E-state index contributed by atoms with van der Waals surface area (Å²) in [7, 11) is 0. The summed E-state index contributed by atoms with van der Waals surface area (Å²) in [5, 5.41) is 9.69. The SMILES string of the molecule is CCCC(C#N)C(=O)c1cc(Cl)ccc1Cl. The largest absolute Gasteiger partial charge is 0.293 e. The average molecular weight is 256 g/mol. The van der Waals surface area contributed by atoms with Crippen molar-refractivity contribution in [2.24, 2.45) is 5.92 Å². The maximum Gasteiger partial charge on any atom is 0.181 e. The van der Waals surface area contributed by atoms with E-state index in [4.69, 9.17) is 28.5 Å². The van der Waals surface area contributed by atoms with Crippen LogP contribution in [0.5, 0.6) is 0 Å². The topological polar surface area (TPSA) is 40.9 Å². The van der Waals surface area contributed by atoms with Crippen molar-refractivity contribution in [2.75, 3.05) is 0 Å². The summed E-state index contributed by atoms with van der Waals surface area (Å²) in [4.78, 5) is 12.0. The molecule has 0 spiro atoms. The third-order valence-corrected chi connectivity index (χ3v) is 2.81. The molecule has 84 valence electrons. The lowest BCUT2D eigenvalue weighted by atomic mass is 9.95. The summed E-state index contributed by atoms with van der Waals surface area (Å²) >= 11 is 11.7. The van der Waals surface area contributed by atoms with Crippen molar-refractivity contribution >= 4 is 29.0 Å². The van der Waals surface area contributed by atoms with Gasteiger partial charge in [-0.15, -0.1) is 0 Å². The van der Waals surface area contributed by atoms with Gasteiger partial charge in [0.25, 0.3) is 0 Å². The van der Waals surface area contributed by atoms with Crippen LogP contribution in [0.4, 0.5) is 0 Å². The number of hydrogen-bond donors (Lipinski definition) is 0. The second-order valence-corrected chi connectivity index (χ2v) is 4.30. The predicted molar refractivity (Wildman–Crippen MR) is 64.8 cm³/mol. The van der Waals surface area contributed by atoms with Crippen LogP contribution in [0.15, 0.2) is 18.2 Å². The van der Waals surface area contributed by atoms with Gasteiger partial charge in [-0.1, -0.05) is 36.5 Å². The minimum atomic E-state index is -0.638. The molecule has 4 heteroatoms. The molecular formula is C12H11Cl2NO. The Morgan fingerprint density at radius 2 is 2.19 bits per heavy atom. The van der Waals surface area contributed by atoms with E-state index in [1.165, 1.54) is 6.07 Å². The van der Waals surface area contributed by atoms with Gasteiger partial charge >= 0.3 is 0 Å². The van der Waals surface area contributed by atoms with Gasteiger partial charge in [-0.05, 0) is 24.6 Å². The Morgan fingerprint density at radius 1 is 1.50 bits per heavy atom. The number of carbonyl (C=O) groups is 1. The van der Waals surface area contributed by atoms with Gasteiger partial charge in [0.2, 0.25) is 0 Å². The van der Waals surface area contributed by atoms with Crippen molar-refractivity contribution in [2.45, 2.75) is 19.8 Å². The summed E-state index contributed by atoms with van der Waals surface area (Å²) in [6.07, 6.45) is 1.32. The monoisotopic (exact) mass is 255 g/mol. The Bertz CT molecular complexity index is 437. The number of nitriles is 1. The molecule has 1 rings (SSSR count). The highest BCUT2D eigenvalue weighted by Crippen LogP contribution is 2.24. The third kappa shape index (κ3) is 2.98. The number of halogens is 2. The zero-order chi connectivity index (χ0) is 12.1. The van der Waals surface area contributed by atoms with Gasteiger partial charge in [-0.3, -0.25) is 4.79 Å². The Hall–Kier alpha value is -1.04. The fraction of sp³-hybridized carbons (Fsp3) is 0.333. The molecule has 1 unspecified atom stereocenters. The van der Waals surface area contributed by atoms with Gasteiger partial charge in [0.05, 0.1) is 11.1 Å². The molecule has 1 atom stereocenters. The first-order valence-electron chi connectivity index (χ1n) is 4.99. The highest BCUT2D eigenvalue weighted by molar-refractivity contribution is 6.36. The van der Waals surface area contributed by atoms with Crippen molar-refractivity contribution < 1.29 is 4.79 Å². The van der Waals surface area contributed by atoms with Crippen LogP contribution in [-0.4, -0.2) is 5.78 Å². The van der Waals surface area contributed by atoms with Crippen LogP contribution in [0.1, 0.15) is 30.1 Å². The molecule has 0 fully saturated rings. The first-order valence-corrected chi connectivity index (χ1v) is 5.74. The Kier molecular flexibility index (Phi) is 4.79. The molecule has 0 heterocycles. The molecule has 0 aliphatic heterocycles. The van der Waals surface area contributed by atoms with Crippen molar-refractivity contribution in [1.82, 2.24) is 0 Å². The van der Waals surface area contributed by atoms with E-state index in [0.717, 1.165) is 6.42 Å². The third-order valence-electron chi connectivity index (χ3n) is 2.24. The lowest BCUT2D eigenvalue weighted by Crippen LogP contribution is -2.13. The van der Waals surface area contributed by atoms with Gasteiger partial charge in [0.15, 0.2) is 5.78 Å². The van der Waals surface area contributed by atoms with Crippen LogP contribution >= 0.6 is 23.2 Å². The molecule has 1 aromatic carbocycles. The molecule has 1 aromatic rings. The smallest absolute Gasteiger partial charge is 0.181 e. The van der Waals surface area contributed by atoms with E-state index in [9.17, 15) is 4.79 Å². The molecule has 0 radical (unpaired) electrons.